The van der Waals surface area contributed by atoms with E-state index in [1.165, 1.54) is 7.11 Å². The fraction of sp³-hybridized carbons (Fsp3) is 0.154. The predicted octanol–water partition coefficient (Wildman–Crippen LogP) is 3.30. The minimum atomic E-state index is -0.510. The van der Waals surface area contributed by atoms with Gasteiger partial charge in [0.2, 0.25) is 5.76 Å². The molecule has 0 aliphatic rings. The predicted molar refractivity (Wildman–Crippen MR) is 65.8 cm³/mol. The van der Waals surface area contributed by atoms with Crippen molar-refractivity contribution in [1.29, 1.82) is 0 Å². The maximum atomic E-state index is 11.2. The van der Waals surface area contributed by atoms with Crippen LogP contribution >= 0.6 is 11.6 Å². The van der Waals surface area contributed by atoms with Crippen LogP contribution in [0, 0.1) is 0 Å². The molecule has 94 valence electrons. The average Bonchev–Trinajstić information content (AvgIpc) is 2.84. The molecule has 1 heterocycles. The van der Waals surface area contributed by atoms with Gasteiger partial charge in [0.25, 0.3) is 0 Å². The van der Waals surface area contributed by atoms with Crippen LogP contribution < -0.4 is 4.74 Å². The summed E-state index contributed by atoms with van der Waals surface area (Å²) in [5.74, 6) is 0.820. The van der Waals surface area contributed by atoms with E-state index in [1.54, 1.807) is 36.4 Å². The van der Waals surface area contributed by atoms with Gasteiger partial charge in [-0.05, 0) is 30.3 Å². The third kappa shape index (κ3) is 3.05. The molecule has 2 aromatic rings. The van der Waals surface area contributed by atoms with E-state index in [0.717, 1.165) is 0 Å². The zero-order valence-electron chi connectivity index (χ0n) is 9.68. The Balaban J connectivity index is 1.98. The largest absolute Gasteiger partial charge is 0.486 e. The summed E-state index contributed by atoms with van der Waals surface area (Å²) in [5.41, 5.74) is 0. The first kappa shape index (κ1) is 12.5. The molecule has 4 nitrogen and oxygen atoms in total. The number of esters is 1. The van der Waals surface area contributed by atoms with Crippen molar-refractivity contribution < 1.29 is 18.7 Å². The molecule has 0 bridgehead atoms. The van der Waals surface area contributed by atoms with Gasteiger partial charge >= 0.3 is 5.97 Å². The molecule has 0 fully saturated rings. The van der Waals surface area contributed by atoms with Gasteiger partial charge in [0.15, 0.2) is 0 Å². The highest BCUT2D eigenvalue weighted by Crippen LogP contribution is 2.19. The summed E-state index contributed by atoms with van der Waals surface area (Å²) < 4.78 is 15.3. The van der Waals surface area contributed by atoms with Crippen molar-refractivity contribution >= 4 is 17.6 Å². The van der Waals surface area contributed by atoms with Gasteiger partial charge in [0.05, 0.1) is 7.11 Å². The number of halogens is 1. The standard InChI is InChI=1S/C13H11ClO4/c1-16-13(15)12-6-5-11(18-12)8-17-10-4-2-3-9(14)7-10/h2-7H,8H2,1H3. The molecular weight excluding hydrogens is 256 g/mol. The Morgan fingerprint density at radius 2 is 2.17 bits per heavy atom. The molecule has 0 aliphatic carbocycles. The Labute approximate surface area is 109 Å². The first-order chi connectivity index (χ1) is 8.69. The fourth-order valence-corrected chi connectivity index (χ4v) is 1.56. The molecular formula is C13H11ClO4. The number of carbonyl (C=O) groups is 1. The van der Waals surface area contributed by atoms with Gasteiger partial charge in [0.1, 0.15) is 18.1 Å². The molecule has 0 amide bonds. The zero-order chi connectivity index (χ0) is 13.0. The molecule has 5 heteroatoms. The van der Waals surface area contributed by atoms with Crippen LogP contribution in [0.15, 0.2) is 40.8 Å². The third-order valence-corrected chi connectivity index (χ3v) is 2.46. The second-order valence-electron chi connectivity index (χ2n) is 3.50. The molecule has 0 saturated heterocycles. The molecule has 0 atom stereocenters. The van der Waals surface area contributed by atoms with Crippen LogP contribution in [-0.2, 0) is 11.3 Å². The van der Waals surface area contributed by atoms with Gasteiger partial charge in [-0.15, -0.1) is 0 Å². The molecule has 0 aliphatic heterocycles. The summed E-state index contributed by atoms with van der Waals surface area (Å²) in [6.07, 6.45) is 0. The molecule has 0 saturated carbocycles. The Bertz CT molecular complexity index is 547. The lowest BCUT2D eigenvalue weighted by Gasteiger charge is -2.03. The van der Waals surface area contributed by atoms with E-state index in [4.69, 9.17) is 20.8 Å². The second kappa shape index (κ2) is 5.60. The van der Waals surface area contributed by atoms with Crippen molar-refractivity contribution in [3.05, 3.63) is 52.9 Å². The Kier molecular flexibility index (Phi) is 3.89. The highest BCUT2D eigenvalue weighted by atomic mass is 35.5. The number of hydrogen-bond acceptors (Lipinski definition) is 4. The lowest BCUT2D eigenvalue weighted by atomic mass is 10.3. The minimum Gasteiger partial charge on any atom is -0.486 e. The number of ether oxygens (including phenoxy) is 2. The summed E-state index contributed by atoms with van der Waals surface area (Å²) in [5, 5.41) is 0.599. The highest BCUT2D eigenvalue weighted by Gasteiger charge is 2.11. The van der Waals surface area contributed by atoms with Crippen molar-refractivity contribution in [2.75, 3.05) is 7.11 Å². The van der Waals surface area contributed by atoms with Crippen LogP contribution in [0.5, 0.6) is 5.75 Å². The van der Waals surface area contributed by atoms with Crippen molar-refractivity contribution in [3.8, 4) is 5.75 Å². The van der Waals surface area contributed by atoms with Gasteiger partial charge in [-0.25, -0.2) is 4.79 Å². The van der Waals surface area contributed by atoms with E-state index in [0.29, 0.717) is 16.5 Å². The number of benzene rings is 1. The third-order valence-electron chi connectivity index (χ3n) is 2.23. The number of hydrogen-bond donors (Lipinski definition) is 0. The summed E-state index contributed by atoms with van der Waals surface area (Å²) in [6, 6.07) is 10.2. The van der Waals surface area contributed by atoms with E-state index in [9.17, 15) is 4.79 Å². The van der Waals surface area contributed by atoms with Gasteiger partial charge < -0.3 is 13.9 Å². The summed E-state index contributed by atoms with van der Waals surface area (Å²) >= 11 is 5.83. The smallest absolute Gasteiger partial charge is 0.373 e. The van der Waals surface area contributed by atoms with E-state index in [-0.39, 0.29) is 12.4 Å². The molecule has 1 aromatic heterocycles. The maximum Gasteiger partial charge on any atom is 0.373 e. The summed E-state index contributed by atoms with van der Waals surface area (Å²) in [6.45, 7) is 0.220. The molecule has 0 radical (unpaired) electrons. The van der Waals surface area contributed by atoms with Gasteiger partial charge in [-0.2, -0.15) is 0 Å². The van der Waals surface area contributed by atoms with Crippen LogP contribution in [0.1, 0.15) is 16.3 Å². The van der Waals surface area contributed by atoms with Crippen LogP contribution in [0.4, 0.5) is 0 Å². The number of carbonyl (C=O) groups excluding carboxylic acids is 1. The topological polar surface area (TPSA) is 48.7 Å². The lowest BCUT2D eigenvalue weighted by molar-refractivity contribution is 0.0561. The van der Waals surface area contributed by atoms with Crippen LogP contribution in [0.2, 0.25) is 5.02 Å². The quantitative estimate of drug-likeness (QED) is 0.797. The van der Waals surface area contributed by atoms with Crippen LogP contribution in [0.3, 0.4) is 0 Å². The summed E-state index contributed by atoms with van der Waals surface area (Å²) in [4.78, 5) is 11.2. The SMILES string of the molecule is COC(=O)c1ccc(COc2cccc(Cl)c2)o1. The Morgan fingerprint density at radius 3 is 2.89 bits per heavy atom. The first-order valence-corrected chi connectivity index (χ1v) is 5.62. The normalized spacial score (nSPS) is 10.1. The fourth-order valence-electron chi connectivity index (χ4n) is 1.38. The van der Waals surface area contributed by atoms with Crippen LogP contribution in [-0.4, -0.2) is 13.1 Å². The van der Waals surface area contributed by atoms with Crippen molar-refractivity contribution in [3.63, 3.8) is 0 Å². The van der Waals surface area contributed by atoms with E-state index >= 15 is 0 Å². The van der Waals surface area contributed by atoms with Gasteiger partial charge in [-0.1, -0.05) is 17.7 Å². The van der Waals surface area contributed by atoms with E-state index in [2.05, 4.69) is 4.74 Å². The monoisotopic (exact) mass is 266 g/mol. The minimum absolute atomic E-state index is 0.155. The van der Waals surface area contributed by atoms with Crippen molar-refractivity contribution in [2.45, 2.75) is 6.61 Å². The first-order valence-electron chi connectivity index (χ1n) is 5.24. The lowest BCUT2D eigenvalue weighted by Crippen LogP contribution is -1.99. The molecule has 1 aromatic carbocycles. The van der Waals surface area contributed by atoms with Crippen LogP contribution in [0.25, 0.3) is 0 Å². The summed E-state index contributed by atoms with van der Waals surface area (Å²) in [7, 11) is 1.30. The number of methoxy groups -OCH3 is 1. The zero-order valence-corrected chi connectivity index (χ0v) is 10.4. The Hall–Kier alpha value is -1.94. The molecule has 0 spiro atoms. The average molecular weight is 267 g/mol. The van der Waals surface area contributed by atoms with Crippen molar-refractivity contribution in [2.24, 2.45) is 0 Å². The maximum absolute atomic E-state index is 11.2. The molecule has 18 heavy (non-hydrogen) atoms. The molecule has 0 N–H and O–H groups in total. The number of furan rings is 1. The second-order valence-corrected chi connectivity index (χ2v) is 3.94. The molecule has 2 rings (SSSR count). The van der Waals surface area contributed by atoms with Gasteiger partial charge in [0, 0.05) is 5.02 Å². The molecule has 0 unspecified atom stereocenters. The van der Waals surface area contributed by atoms with E-state index < -0.39 is 5.97 Å². The van der Waals surface area contributed by atoms with Crippen molar-refractivity contribution in [1.82, 2.24) is 0 Å². The Morgan fingerprint density at radius 1 is 1.33 bits per heavy atom. The highest BCUT2D eigenvalue weighted by molar-refractivity contribution is 6.30. The number of rotatable bonds is 4. The van der Waals surface area contributed by atoms with E-state index in [1.807, 2.05) is 0 Å². The van der Waals surface area contributed by atoms with Gasteiger partial charge in [-0.3, -0.25) is 0 Å².